The highest BCUT2D eigenvalue weighted by Gasteiger charge is 1.88. The summed E-state index contributed by atoms with van der Waals surface area (Å²) in [6.07, 6.45) is 3.30. The van der Waals surface area contributed by atoms with Crippen LogP contribution in [0.1, 0.15) is 0 Å². The Morgan fingerprint density at radius 2 is 1.77 bits per heavy atom. The molecule has 0 saturated heterocycles. The Bertz CT molecular complexity index is 377. The number of hydrogen-bond acceptors (Lipinski definition) is 3. The standard InChI is InChI=1S/C9H8N4/c1-2-4-8(5-3-1)12-13-9-6-10-11-7-9/h1-7H,(H,10,11). The summed E-state index contributed by atoms with van der Waals surface area (Å²) in [7, 11) is 0. The van der Waals surface area contributed by atoms with Crippen molar-refractivity contribution in [2.45, 2.75) is 0 Å². The Labute approximate surface area is 75.3 Å². The van der Waals surface area contributed by atoms with Crippen LogP contribution in [0.3, 0.4) is 0 Å². The van der Waals surface area contributed by atoms with Gasteiger partial charge in [-0.1, -0.05) is 18.2 Å². The SMILES string of the molecule is c1ccc(N=Nc2cn[nH]c2)cc1. The van der Waals surface area contributed by atoms with Crippen molar-refractivity contribution in [2.75, 3.05) is 0 Å². The predicted octanol–water partition coefficient (Wildman–Crippen LogP) is 2.83. The lowest BCUT2D eigenvalue weighted by atomic mass is 10.3. The van der Waals surface area contributed by atoms with Gasteiger partial charge in [0.25, 0.3) is 0 Å². The van der Waals surface area contributed by atoms with Crippen molar-refractivity contribution in [1.29, 1.82) is 0 Å². The summed E-state index contributed by atoms with van der Waals surface area (Å²) in [6.45, 7) is 0. The molecule has 0 fully saturated rings. The number of aromatic nitrogens is 2. The molecule has 4 heteroatoms. The van der Waals surface area contributed by atoms with Gasteiger partial charge in [-0.3, -0.25) is 5.10 Å². The zero-order valence-corrected chi connectivity index (χ0v) is 6.88. The fraction of sp³-hybridized carbons (Fsp3) is 0. The molecule has 0 saturated carbocycles. The molecule has 0 radical (unpaired) electrons. The zero-order valence-electron chi connectivity index (χ0n) is 6.88. The second-order valence-corrected chi connectivity index (χ2v) is 2.49. The van der Waals surface area contributed by atoms with Crippen molar-refractivity contribution in [1.82, 2.24) is 10.2 Å². The van der Waals surface area contributed by atoms with E-state index in [9.17, 15) is 0 Å². The topological polar surface area (TPSA) is 53.4 Å². The maximum Gasteiger partial charge on any atom is 0.123 e. The van der Waals surface area contributed by atoms with Gasteiger partial charge in [0.2, 0.25) is 0 Å². The molecule has 0 amide bonds. The third-order valence-electron chi connectivity index (χ3n) is 1.52. The van der Waals surface area contributed by atoms with E-state index in [2.05, 4.69) is 20.4 Å². The van der Waals surface area contributed by atoms with E-state index in [1.54, 1.807) is 12.4 Å². The van der Waals surface area contributed by atoms with E-state index in [0.29, 0.717) is 0 Å². The summed E-state index contributed by atoms with van der Waals surface area (Å²) in [5.74, 6) is 0. The van der Waals surface area contributed by atoms with Crippen molar-refractivity contribution in [2.24, 2.45) is 10.2 Å². The normalized spacial score (nSPS) is 10.8. The number of H-pyrrole nitrogens is 1. The lowest BCUT2D eigenvalue weighted by Gasteiger charge is -1.87. The van der Waals surface area contributed by atoms with Crippen molar-refractivity contribution in [3.63, 3.8) is 0 Å². The van der Waals surface area contributed by atoms with Crippen molar-refractivity contribution in [3.05, 3.63) is 42.7 Å². The molecule has 0 spiro atoms. The molecule has 0 atom stereocenters. The van der Waals surface area contributed by atoms with Crippen LogP contribution < -0.4 is 0 Å². The number of rotatable bonds is 2. The minimum Gasteiger partial charge on any atom is -0.283 e. The van der Waals surface area contributed by atoms with Crippen molar-refractivity contribution < 1.29 is 0 Å². The second-order valence-electron chi connectivity index (χ2n) is 2.49. The van der Waals surface area contributed by atoms with Crippen LogP contribution >= 0.6 is 0 Å². The summed E-state index contributed by atoms with van der Waals surface area (Å²) in [5, 5.41) is 14.4. The third kappa shape index (κ3) is 1.99. The fourth-order valence-electron chi connectivity index (χ4n) is 0.909. The van der Waals surface area contributed by atoms with Gasteiger partial charge in [0, 0.05) is 6.20 Å². The summed E-state index contributed by atoms with van der Waals surface area (Å²) in [5.41, 5.74) is 1.56. The molecule has 0 aliphatic rings. The third-order valence-corrected chi connectivity index (χ3v) is 1.52. The second kappa shape index (κ2) is 3.62. The van der Waals surface area contributed by atoms with Gasteiger partial charge in [-0.05, 0) is 12.1 Å². The number of hydrogen-bond donors (Lipinski definition) is 1. The van der Waals surface area contributed by atoms with Crippen LogP contribution in [0.2, 0.25) is 0 Å². The average Bonchev–Trinajstić information content (AvgIpc) is 2.69. The molecule has 0 unspecified atom stereocenters. The van der Waals surface area contributed by atoms with Crippen LogP contribution in [-0.4, -0.2) is 10.2 Å². The Balaban J connectivity index is 2.15. The average molecular weight is 172 g/mol. The molecule has 1 heterocycles. The van der Waals surface area contributed by atoms with Crippen LogP contribution in [-0.2, 0) is 0 Å². The van der Waals surface area contributed by atoms with E-state index in [1.165, 1.54) is 0 Å². The van der Waals surface area contributed by atoms with Crippen molar-refractivity contribution >= 4 is 11.4 Å². The molecule has 1 N–H and O–H groups in total. The van der Waals surface area contributed by atoms with Gasteiger partial charge in [-0.25, -0.2) is 0 Å². The maximum absolute atomic E-state index is 4.01. The Morgan fingerprint density at radius 1 is 1.00 bits per heavy atom. The quantitative estimate of drug-likeness (QED) is 0.695. The Morgan fingerprint density at radius 3 is 2.46 bits per heavy atom. The van der Waals surface area contributed by atoms with Crippen molar-refractivity contribution in [3.8, 4) is 0 Å². The number of azo groups is 1. The fourth-order valence-corrected chi connectivity index (χ4v) is 0.909. The molecule has 2 rings (SSSR count). The van der Waals surface area contributed by atoms with Gasteiger partial charge < -0.3 is 0 Å². The molecule has 0 bridgehead atoms. The molecule has 0 aliphatic heterocycles. The summed E-state index contributed by atoms with van der Waals surface area (Å²) >= 11 is 0. The van der Waals surface area contributed by atoms with Crippen LogP contribution in [0.25, 0.3) is 0 Å². The van der Waals surface area contributed by atoms with E-state index < -0.39 is 0 Å². The summed E-state index contributed by atoms with van der Waals surface area (Å²) in [4.78, 5) is 0. The van der Waals surface area contributed by atoms with Gasteiger partial charge >= 0.3 is 0 Å². The van der Waals surface area contributed by atoms with Crippen LogP contribution in [0.5, 0.6) is 0 Å². The molecule has 2 aromatic rings. The van der Waals surface area contributed by atoms with Crippen LogP contribution in [0, 0.1) is 0 Å². The first-order valence-electron chi connectivity index (χ1n) is 3.91. The Kier molecular flexibility index (Phi) is 2.14. The largest absolute Gasteiger partial charge is 0.283 e. The van der Waals surface area contributed by atoms with Gasteiger partial charge in [0.15, 0.2) is 0 Å². The lowest BCUT2D eigenvalue weighted by molar-refractivity contribution is 1.09. The molecule has 13 heavy (non-hydrogen) atoms. The number of nitrogens with one attached hydrogen (secondary N) is 1. The molecule has 1 aromatic carbocycles. The van der Waals surface area contributed by atoms with E-state index in [1.807, 2.05) is 30.3 Å². The van der Waals surface area contributed by atoms with Gasteiger partial charge in [-0.15, -0.1) is 5.11 Å². The highest BCUT2D eigenvalue weighted by atomic mass is 15.2. The molecule has 4 nitrogen and oxygen atoms in total. The van der Waals surface area contributed by atoms with E-state index in [-0.39, 0.29) is 0 Å². The number of aromatic amines is 1. The monoisotopic (exact) mass is 172 g/mol. The zero-order chi connectivity index (χ0) is 8.93. The summed E-state index contributed by atoms with van der Waals surface area (Å²) < 4.78 is 0. The first-order chi connectivity index (χ1) is 6.45. The maximum atomic E-state index is 4.01. The van der Waals surface area contributed by atoms with Gasteiger partial charge in [-0.2, -0.15) is 10.2 Å². The first-order valence-corrected chi connectivity index (χ1v) is 3.91. The molecule has 0 aliphatic carbocycles. The van der Waals surface area contributed by atoms with Crippen LogP contribution in [0.15, 0.2) is 53.0 Å². The molecular formula is C9H8N4. The van der Waals surface area contributed by atoms with E-state index >= 15 is 0 Å². The first kappa shape index (κ1) is 7.67. The Hall–Kier alpha value is -1.97. The molecule has 64 valence electrons. The highest BCUT2D eigenvalue weighted by molar-refractivity contribution is 5.37. The minimum absolute atomic E-state index is 0.726. The van der Waals surface area contributed by atoms with Crippen LogP contribution in [0.4, 0.5) is 11.4 Å². The highest BCUT2D eigenvalue weighted by Crippen LogP contribution is 2.15. The van der Waals surface area contributed by atoms with Gasteiger partial charge in [0.05, 0.1) is 11.9 Å². The van der Waals surface area contributed by atoms with E-state index in [0.717, 1.165) is 11.4 Å². The molecular weight excluding hydrogens is 164 g/mol. The lowest BCUT2D eigenvalue weighted by Crippen LogP contribution is -1.59. The summed E-state index contributed by atoms with van der Waals surface area (Å²) in [6, 6.07) is 9.57. The van der Waals surface area contributed by atoms with E-state index in [4.69, 9.17) is 0 Å². The smallest absolute Gasteiger partial charge is 0.123 e. The number of nitrogens with zero attached hydrogens (tertiary/aromatic N) is 3. The number of benzene rings is 1. The predicted molar refractivity (Wildman–Crippen MR) is 49.2 cm³/mol. The van der Waals surface area contributed by atoms with Gasteiger partial charge in [0.1, 0.15) is 5.69 Å². The minimum atomic E-state index is 0.726. The molecule has 1 aromatic heterocycles.